The number of hydrogen-bond donors (Lipinski definition) is 0. The Morgan fingerprint density at radius 2 is 0.804 bits per heavy atom. The van der Waals surface area contributed by atoms with Gasteiger partial charge in [-0.2, -0.15) is 0 Å². The first-order valence-corrected chi connectivity index (χ1v) is 18.3. The zero-order chi connectivity index (χ0) is 33.2. The van der Waals surface area contributed by atoms with Crippen LogP contribution in [-0.4, -0.2) is 9.13 Å². The van der Waals surface area contributed by atoms with Crippen LogP contribution in [0.2, 0.25) is 0 Å². The molecule has 0 N–H and O–H groups in total. The van der Waals surface area contributed by atoms with Crippen molar-refractivity contribution in [3.8, 4) is 22.5 Å². The van der Waals surface area contributed by atoms with E-state index in [0.29, 0.717) is 0 Å². The van der Waals surface area contributed by atoms with Crippen molar-refractivity contribution >= 4 is 96.7 Å². The molecule has 3 heteroatoms. The first-order valence-electron chi connectivity index (χ1n) is 17.5. The maximum Gasteiger partial charge on any atom is 0.0547 e. The second kappa shape index (κ2) is 10.1. The molecule has 0 aliphatic rings. The molecule has 236 valence electrons. The van der Waals surface area contributed by atoms with Crippen molar-refractivity contribution in [1.29, 1.82) is 0 Å². The fourth-order valence-electron chi connectivity index (χ4n) is 8.95. The number of aromatic nitrogens is 2. The Morgan fingerprint density at radius 1 is 0.314 bits per heavy atom. The molecule has 0 aliphatic heterocycles. The van der Waals surface area contributed by atoms with Gasteiger partial charge in [-0.25, -0.2) is 0 Å². The zero-order valence-electron chi connectivity index (χ0n) is 27.5. The summed E-state index contributed by atoms with van der Waals surface area (Å²) in [5.41, 5.74) is 9.73. The molecule has 2 nitrogen and oxygen atoms in total. The summed E-state index contributed by atoms with van der Waals surface area (Å²) in [5.74, 6) is 0. The molecule has 0 unspecified atom stereocenters. The summed E-state index contributed by atoms with van der Waals surface area (Å²) >= 11 is 1.90. The summed E-state index contributed by atoms with van der Waals surface area (Å²) in [6.45, 7) is 0. The molecule has 9 aromatic carbocycles. The summed E-state index contributed by atoms with van der Waals surface area (Å²) in [4.78, 5) is 0. The Morgan fingerprint density at radius 3 is 1.49 bits per heavy atom. The first-order chi connectivity index (χ1) is 25.3. The summed E-state index contributed by atoms with van der Waals surface area (Å²) in [6.07, 6.45) is 0. The standard InChI is InChI=1S/C48H28N2S/c1-2-11-31(12-3-1)49-39-18-6-4-13-32(39)37-27-29(23-25-41(37)49)30-24-26-42-38(28-30)33-14-5-7-19-40(33)50(42)43-20-8-15-34-35-16-9-21-44-47(35)48-36(46(34)43)17-10-22-45(48)51-44/h1-28H. The molecular formula is C48H28N2S. The average molecular weight is 665 g/mol. The van der Waals surface area contributed by atoms with E-state index < -0.39 is 0 Å². The van der Waals surface area contributed by atoms with E-state index in [2.05, 4.69) is 179 Å². The number of hydrogen-bond acceptors (Lipinski definition) is 1. The first kappa shape index (κ1) is 27.4. The van der Waals surface area contributed by atoms with Crippen LogP contribution >= 0.6 is 11.3 Å². The molecule has 12 rings (SSSR count). The topological polar surface area (TPSA) is 9.86 Å². The Balaban J connectivity index is 1.12. The van der Waals surface area contributed by atoms with Gasteiger partial charge in [0.05, 0.1) is 27.8 Å². The third-order valence-electron chi connectivity index (χ3n) is 11.1. The maximum atomic E-state index is 2.50. The van der Waals surface area contributed by atoms with Gasteiger partial charge < -0.3 is 9.13 Å². The number of thiophene rings is 1. The largest absolute Gasteiger partial charge is 0.309 e. The van der Waals surface area contributed by atoms with Gasteiger partial charge in [0, 0.05) is 52.8 Å². The smallest absolute Gasteiger partial charge is 0.0547 e. The van der Waals surface area contributed by atoms with E-state index in [1.165, 1.54) is 108 Å². The summed E-state index contributed by atoms with van der Waals surface area (Å²) < 4.78 is 7.59. The Labute approximate surface area is 297 Å². The molecule has 0 fully saturated rings. The molecule has 0 amide bonds. The number of para-hydroxylation sites is 3. The molecule has 3 aromatic heterocycles. The number of nitrogens with zero attached hydrogens (tertiary/aromatic N) is 2. The normalized spacial score (nSPS) is 12.3. The molecule has 12 aromatic rings. The van der Waals surface area contributed by atoms with Crippen LogP contribution in [0, 0.1) is 0 Å². The lowest BCUT2D eigenvalue weighted by atomic mass is 9.93. The Bertz CT molecular complexity index is 3360. The molecule has 0 saturated carbocycles. The summed E-state index contributed by atoms with van der Waals surface area (Å²) in [5, 5.41) is 13.1. The van der Waals surface area contributed by atoms with Crippen molar-refractivity contribution in [2.45, 2.75) is 0 Å². The molecular weight excluding hydrogens is 637 g/mol. The van der Waals surface area contributed by atoms with Crippen LogP contribution in [0.15, 0.2) is 170 Å². The van der Waals surface area contributed by atoms with E-state index in [1.807, 2.05) is 11.3 Å². The number of rotatable bonds is 3. The van der Waals surface area contributed by atoms with E-state index in [4.69, 9.17) is 0 Å². The van der Waals surface area contributed by atoms with Gasteiger partial charge in [0.15, 0.2) is 0 Å². The van der Waals surface area contributed by atoms with Gasteiger partial charge in [-0.05, 0) is 94.0 Å². The lowest BCUT2D eigenvalue weighted by Gasteiger charge is -2.16. The van der Waals surface area contributed by atoms with Crippen LogP contribution in [0.5, 0.6) is 0 Å². The second-order valence-corrected chi connectivity index (χ2v) is 14.7. The van der Waals surface area contributed by atoms with Crippen LogP contribution in [0.4, 0.5) is 0 Å². The number of fused-ring (bicyclic) bond motifs is 9. The van der Waals surface area contributed by atoms with E-state index in [0.717, 1.165) is 0 Å². The van der Waals surface area contributed by atoms with Gasteiger partial charge in [0.25, 0.3) is 0 Å². The lowest BCUT2D eigenvalue weighted by molar-refractivity contribution is 1.18. The van der Waals surface area contributed by atoms with Gasteiger partial charge in [0.2, 0.25) is 0 Å². The van der Waals surface area contributed by atoms with E-state index >= 15 is 0 Å². The molecule has 0 bridgehead atoms. The highest BCUT2D eigenvalue weighted by Gasteiger charge is 2.21. The fraction of sp³-hybridized carbons (Fsp3) is 0. The minimum Gasteiger partial charge on any atom is -0.309 e. The van der Waals surface area contributed by atoms with E-state index in [1.54, 1.807) is 0 Å². The highest BCUT2D eigenvalue weighted by atomic mass is 32.1. The average Bonchev–Trinajstić information content (AvgIpc) is 3.85. The van der Waals surface area contributed by atoms with Crippen LogP contribution < -0.4 is 0 Å². The van der Waals surface area contributed by atoms with Gasteiger partial charge >= 0.3 is 0 Å². The monoisotopic (exact) mass is 664 g/mol. The van der Waals surface area contributed by atoms with Crippen LogP contribution in [0.25, 0.3) is 108 Å². The SMILES string of the molecule is c1ccc(-n2c3ccccc3c3cc(-c4ccc5c(c4)c4ccccc4n5-c4cccc5c6cccc7sc8cccc(c45)c8c76)ccc32)cc1. The molecule has 0 aliphatic carbocycles. The van der Waals surface area contributed by atoms with Gasteiger partial charge in [-0.15, -0.1) is 11.3 Å². The second-order valence-electron chi connectivity index (χ2n) is 13.7. The molecule has 0 saturated heterocycles. The van der Waals surface area contributed by atoms with Crippen LogP contribution in [0.3, 0.4) is 0 Å². The predicted molar refractivity (Wildman–Crippen MR) is 220 cm³/mol. The molecule has 51 heavy (non-hydrogen) atoms. The van der Waals surface area contributed by atoms with Crippen molar-refractivity contribution in [3.63, 3.8) is 0 Å². The van der Waals surface area contributed by atoms with Gasteiger partial charge in [-0.1, -0.05) is 103 Å². The third kappa shape index (κ3) is 3.65. The summed E-state index contributed by atoms with van der Waals surface area (Å²) in [7, 11) is 0. The van der Waals surface area contributed by atoms with Gasteiger partial charge in [-0.3, -0.25) is 0 Å². The van der Waals surface area contributed by atoms with Crippen molar-refractivity contribution < 1.29 is 0 Å². The van der Waals surface area contributed by atoms with Crippen molar-refractivity contribution in [2.24, 2.45) is 0 Å². The molecule has 0 spiro atoms. The highest BCUT2D eigenvalue weighted by Crippen LogP contribution is 2.47. The Kier molecular flexibility index (Phi) is 5.41. The van der Waals surface area contributed by atoms with Crippen LogP contribution in [0.1, 0.15) is 0 Å². The fourth-order valence-corrected chi connectivity index (χ4v) is 10.1. The third-order valence-corrected chi connectivity index (χ3v) is 12.2. The van der Waals surface area contributed by atoms with Crippen LogP contribution in [-0.2, 0) is 0 Å². The molecule has 3 heterocycles. The van der Waals surface area contributed by atoms with E-state index in [-0.39, 0.29) is 0 Å². The quantitative estimate of drug-likeness (QED) is 0.166. The van der Waals surface area contributed by atoms with Crippen molar-refractivity contribution in [3.05, 3.63) is 170 Å². The predicted octanol–water partition coefficient (Wildman–Crippen LogP) is 13.7. The highest BCUT2D eigenvalue weighted by molar-refractivity contribution is 7.26. The zero-order valence-corrected chi connectivity index (χ0v) is 28.3. The van der Waals surface area contributed by atoms with Crippen molar-refractivity contribution in [2.75, 3.05) is 0 Å². The van der Waals surface area contributed by atoms with Gasteiger partial charge in [0.1, 0.15) is 0 Å². The minimum absolute atomic E-state index is 1.18. The summed E-state index contributed by atoms with van der Waals surface area (Å²) in [6, 6.07) is 62.8. The minimum atomic E-state index is 1.18. The van der Waals surface area contributed by atoms with E-state index in [9.17, 15) is 0 Å². The number of benzene rings is 9. The molecule has 0 radical (unpaired) electrons. The maximum absolute atomic E-state index is 2.50. The lowest BCUT2D eigenvalue weighted by Crippen LogP contribution is -1.96. The Hall–Kier alpha value is -6.42. The van der Waals surface area contributed by atoms with Crippen molar-refractivity contribution in [1.82, 2.24) is 9.13 Å². The molecule has 0 atom stereocenters.